The van der Waals surface area contributed by atoms with Crippen LogP contribution in [0.1, 0.15) is 11.1 Å². The van der Waals surface area contributed by atoms with E-state index in [9.17, 15) is 14.0 Å². The average molecular weight is 474 g/mol. The molecule has 0 saturated heterocycles. The van der Waals surface area contributed by atoms with E-state index in [-0.39, 0.29) is 23.0 Å². The number of rotatable bonds is 6. The minimum atomic E-state index is -0.379. The lowest BCUT2D eigenvalue weighted by atomic mass is 10.2. The van der Waals surface area contributed by atoms with E-state index < -0.39 is 0 Å². The molecule has 4 rings (SSSR count). The molecule has 31 heavy (non-hydrogen) atoms. The van der Waals surface area contributed by atoms with E-state index in [0.717, 1.165) is 17.3 Å². The summed E-state index contributed by atoms with van der Waals surface area (Å²) < 4.78 is 15.6. The second-order valence-electron chi connectivity index (χ2n) is 6.79. The van der Waals surface area contributed by atoms with Gasteiger partial charge in [0.2, 0.25) is 5.91 Å². The minimum Gasteiger partial charge on any atom is -0.351 e. The fourth-order valence-electron chi connectivity index (χ4n) is 3.06. The number of fused-ring (bicyclic) bond motifs is 1. The number of amides is 1. The second-order valence-corrected chi connectivity index (χ2v) is 9.09. The maximum atomic E-state index is 13.6. The smallest absolute Gasteiger partial charge is 0.276 e. The molecule has 0 bridgehead atoms. The van der Waals surface area contributed by atoms with Crippen molar-refractivity contribution in [2.45, 2.75) is 18.6 Å². The number of hydrogen-bond donors (Lipinski definition) is 1. The third kappa shape index (κ3) is 4.81. The number of carbonyl (C=O) groups excluding carboxylic acids is 1. The Balaban J connectivity index is 1.58. The van der Waals surface area contributed by atoms with E-state index in [1.807, 2.05) is 12.1 Å². The predicted molar refractivity (Wildman–Crippen MR) is 124 cm³/mol. The highest BCUT2D eigenvalue weighted by Crippen LogP contribution is 2.25. The van der Waals surface area contributed by atoms with Crippen LogP contribution in [0.5, 0.6) is 0 Å². The molecule has 0 fully saturated rings. The Kier molecular flexibility index (Phi) is 6.41. The van der Waals surface area contributed by atoms with Gasteiger partial charge in [0.05, 0.1) is 17.0 Å². The lowest BCUT2D eigenvalue weighted by molar-refractivity contribution is -0.118. The van der Waals surface area contributed by atoms with Crippen LogP contribution in [0.25, 0.3) is 15.9 Å². The van der Waals surface area contributed by atoms with E-state index in [2.05, 4.69) is 10.3 Å². The third-order valence-electron chi connectivity index (χ3n) is 4.58. The normalized spacial score (nSPS) is 11.1. The maximum absolute atomic E-state index is 13.6. The number of carbonyl (C=O) groups is 1. The van der Waals surface area contributed by atoms with Crippen LogP contribution in [0.3, 0.4) is 0 Å². The molecule has 1 amide bonds. The van der Waals surface area contributed by atoms with Crippen LogP contribution in [0, 0.1) is 12.7 Å². The lowest BCUT2D eigenvalue weighted by Crippen LogP contribution is -2.26. The molecule has 0 saturated carbocycles. The maximum Gasteiger partial charge on any atom is 0.276 e. The average Bonchev–Trinajstić information content (AvgIpc) is 3.22. The Bertz CT molecular complexity index is 1320. The van der Waals surface area contributed by atoms with Crippen molar-refractivity contribution in [2.24, 2.45) is 0 Å². The summed E-state index contributed by atoms with van der Waals surface area (Å²) in [5, 5.41) is 5.66. The number of nitrogens with one attached hydrogen (secondary N) is 1. The van der Waals surface area contributed by atoms with Gasteiger partial charge in [0.15, 0.2) is 5.16 Å². The fraction of sp³-hybridized carbons (Fsp3) is 0.136. The predicted octanol–water partition coefficient (Wildman–Crippen LogP) is 4.96. The monoisotopic (exact) mass is 473 g/mol. The van der Waals surface area contributed by atoms with E-state index in [1.165, 1.54) is 28.0 Å². The molecule has 158 valence electrons. The van der Waals surface area contributed by atoms with Gasteiger partial charge >= 0.3 is 0 Å². The molecule has 0 radical (unpaired) electrons. The Morgan fingerprint density at radius 2 is 2.00 bits per heavy atom. The van der Waals surface area contributed by atoms with Crippen molar-refractivity contribution in [3.05, 3.63) is 86.2 Å². The molecule has 2 aromatic heterocycles. The van der Waals surface area contributed by atoms with Crippen molar-refractivity contribution in [3.63, 3.8) is 0 Å². The van der Waals surface area contributed by atoms with Crippen molar-refractivity contribution in [3.8, 4) is 5.69 Å². The van der Waals surface area contributed by atoms with Gasteiger partial charge in [-0.3, -0.25) is 14.2 Å². The zero-order valence-corrected chi connectivity index (χ0v) is 18.8. The molecule has 0 aliphatic carbocycles. The van der Waals surface area contributed by atoms with E-state index in [0.29, 0.717) is 38.2 Å². The molecule has 9 heteroatoms. The minimum absolute atomic E-state index is 0.0793. The molecule has 4 aromatic rings. The van der Waals surface area contributed by atoms with Gasteiger partial charge in [0.25, 0.3) is 5.56 Å². The van der Waals surface area contributed by atoms with Crippen LogP contribution < -0.4 is 10.9 Å². The highest BCUT2D eigenvalue weighted by atomic mass is 35.5. The number of halogens is 2. The first-order chi connectivity index (χ1) is 14.9. The molecule has 0 aliphatic rings. The second kappa shape index (κ2) is 9.21. The van der Waals surface area contributed by atoms with Gasteiger partial charge in [-0.25, -0.2) is 9.37 Å². The Morgan fingerprint density at radius 1 is 1.23 bits per heavy atom. The third-order valence-corrected chi connectivity index (χ3v) is 6.67. The highest BCUT2D eigenvalue weighted by molar-refractivity contribution is 7.99. The lowest BCUT2D eigenvalue weighted by Gasteiger charge is -2.14. The van der Waals surface area contributed by atoms with Crippen LogP contribution in [-0.2, 0) is 11.3 Å². The van der Waals surface area contributed by atoms with Crippen LogP contribution in [0.2, 0.25) is 5.02 Å². The van der Waals surface area contributed by atoms with E-state index in [4.69, 9.17) is 11.6 Å². The van der Waals surface area contributed by atoms with Crippen LogP contribution >= 0.6 is 34.7 Å². The van der Waals surface area contributed by atoms with Gasteiger partial charge in [-0.05, 0) is 59.8 Å². The first-order valence-corrected chi connectivity index (χ1v) is 11.6. The summed E-state index contributed by atoms with van der Waals surface area (Å²) in [4.78, 5) is 30.1. The van der Waals surface area contributed by atoms with Gasteiger partial charge in [-0.2, -0.15) is 0 Å². The number of thiophene rings is 1. The summed E-state index contributed by atoms with van der Waals surface area (Å²) in [5.74, 6) is -0.493. The van der Waals surface area contributed by atoms with Crippen LogP contribution in [0.15, 0.2) is 63.9 Å². The van der Waals surface area contributed by atoms with Crippen molar-refractivity contribution >= 4 is 50.8 Å². The van der Waals surface area contributed by atoms with Crippen LogP contribution in [-0.4, -0.2) is 21.2 Å². The summed E-state index contributed by atoms with van der Waals surface area (Å²) in [7, 11) is 0. The first-order valence-electron chi connectivity index (χ1n) is 9.33. The van der Waals surface area contributed by atoms with Gasteiger partial charge < -0.3 is 5.32 Å². The summed E-state index contributed by atoms with van der Waals surface area (Å²) in [6.07, 6.45) is 0. The van der Waals surface area contributed by atoms with Crippen LogP contribution in [0.4, 0.5) is 4.39 Å². The van der Waals surface area contributed by atoms with Gasteiger partial charge in [-0.15, -0.1) is 11.3 Å². The quantitative estimate of drug-likeness (QED) is 0.317. The van der Waals surface area contributed by atoms with Crippen molar-refractivity contribution < 1.29 is 9.18 Å². The molecule has 2 aromatic carbocycles. The molecule has 0 aliphatic heterocycles. The fourth-order valence-corrected chi connectivity index (χ4v) is 4.78. The number of hydrogen-bond acceptors (Lipinski definition) is 5. The number of nitrogens with zero attached hydrogens (tertiary/aromatic N) is 2. The summed E-state index contributed by atoms with van der Waals surface area (Å²) >= 11 is 8.34. The first kappa shape index (κ1) is 21.5. The topological polar surface area (TPSA) is 64.0 Å². The summed E-state index contributed by atoms with van der Waals surface area (Å²) in [5.41, 5.74) is 2.42. The zero-order chi connectivity index (χ0) is 22.0. The molecule has 5 nitrogen and oxygen atoms in total. The SMILES string of the molecule is Cc1cc(F)ccc1-n1c(SCC(=O)NCc2ccc(Cl)cc2)nc2ccsc2c1=O. The van der Waals surface area contributed by atoms with Crippen molar-refractivity contribution in [1.29, 1.82) is 0 Å². The van der Waals surface area contributed by atoms with Crippen molar-refractivity contribution in [1.82, 2.24) is 14.9 Å². The Hall–Kier alpha value is -2.68. The number of aromatic nitrogens is 2. The molecule has 1 N–H and O–H groups in total. The standard InChI is InChI=1S/C22H17ClFN3O2S2/c1-13-10-16(24)6-7-18(13)27-21(29)20-17(8-9-30-20)26-22(27)31-12-19(28)25-11-14-2-4-15(23)5-3-14/h2-10H,11-12H2,1H3,(H,25,28). The molecule has 2 heterocycles. The van der Waals surface area contributed by atoms with Crippen molar-refractivity contribution in [2.75, 3.05) is 5.75 Å². The van der Waals surface area contributed by atoms with Gasteiger partial charge in [0, 0.05) is 11.6 Å². The highest BCUT2D eigenvalue weighted by Gasteiger charge is 2.17. The van der Waals surface area contributed by atoms with E-state index >= 15 is 0 Å². The number of aryl methyl sites for hydroxylation is 1. The molecule has 0 atom stereocenters. The largest absolute Gasteiger partial charge is 0.351 e. The Morgan fingerprint density at radius 3 is 2.74 bits per heavy atom. The van der Waals surface area contributed by atoms with Gasteiger partial charge in [-0.1, -0.05) is 35.5 Å². The molecule has 0 spiro atoms. The molecular weight excluding hydrogens is 457 g/mol. The summed E-state index contributed by atoms with van der Waals surface area (Å²) in [6, 6.07) is 13.2. The molecular formula is C22H17ClFN3O2S2. The molecule has 0 unspecified atom stereocenters. The summed E-state index contributed by atoms with van der Waals surface area (Å²) in [6.45, 7) is 2.11. The van der Waals surface area contributed by atoms with E-state index in [1.54, 1.807) is 36.6 Å². The Labute approximate surface area is 190 Å². The zero-order valence-electron chi connectivity index (χ0n) is 16.4. The van der Waals surface area contributed by atoms with Gasteiger partial charge in [0.1, 0.15) is 10.5 Å². The number of thioether (sulfide) groups is 1. The number of benzene rings is 2.